The van der Waals surface area contributed by atoms with Crippen LogP contribution in [0.4, 0.5) is 0 Å². The number of phenolic OH excluding ortho intramolecular Hbond substituents is 1. The number of rotatable bonds is 4. The fraction of sp³-hybridized carbons (Fsp3) is 0.560. The monoisotopic (exact) mass is 470 g/mol. The minimum absolute atomic E-state index is 0.115. The number of likely N-dealkylation sites (N-methyl/N-ethyl adjacent to an activating group) is 1. The van der Waals surface area contributed by atoms with Crippen LogP contribution in [0.15, 0.2) is 17.7 Å². The molecule has 1 aromatic rings. The second kappa shape index (κ2) is 7.63. The van der Waals surface area contributed by atoms with Crippen LogP contribution in [0.3, 0.4) is 0 Å². The van der Waals surface area contributed by atoms with E-state index < -0.39 is 58.7 Å². The third-order valence-corrected chi connectivity index (χ3v) is 8.27. The lowest BCUT2D eigenvalue weighted by molar-refractivity contribution is -0.184. The van der Waals surface area contributed by atoms with Gasteiger partial charge in [0.05, 0.1) is 11.7 Å². The molecule has 0 saturated heterocycles. The van der Waals surface area contributed by atoms with Crippen molar-refractivity contribution in [3.05, 3.63) is 34.4 Å². The van der Waals surface area contributed by atoms with Crippen LogP contribution in [-0.2, 0) is 27.2 Å². The van der Waals surface area contributed by atoms with Gasteiger partial charge in [-0.2, -0.15) is 0 Å². The molecular formula is C25H30N2O7. The Bertz CT molecular complexity index is 1140. The van der Waals surface area contributed by atoms with Crippen molar-refractivity contribution in [2.75, 3.05) is 14.1 Å². The second-order valence-electron chi connectivity index (χ2n) is 10.5. The summed E-state index contributed by atoms with van der Waals surface area (Å²) in [5.74, 6) is -6.57. The standard InChI is InChI=1S/C25H30N2O7/c1-27(2)19-14-9-12-8-13-11(7-10-3-4-10)5-6-15(28)17(13)20(29)16(12)22(31)25(14,34)23(32)18(21(19)30)24(26)33/h5-6,10,12,14,18-19,21,28-30,34H,3-4,7-9H2,1-2H3,(H2,26,33)/t12-,14-,18?,19-,21?,25-/m0/s1. The van der Waals surface area contributed by atoms with Crippen molar-refractivity contribution in [3.63, 3.8) is 0 Å². The van der Waals surface area contributed by atoms with Gasteiger partial charge >= 0.3 is 0 Å². The molecule has 2 unspecified atom stereocenters. The number of Topliss-reactive ketones (excluding diaryl/α,β-unsaturated/α-hetero) is 2. The molecule has 4 aliphatic rings. The number of benzene rings is 1. The van der Waals surface area contributed by atoms with Crippen LogP contribution >= 0.6 is 0 Å². The number of aliphatic hydroxyl groups is 3. The Morgan fingerprint density at radius 3 is 2.47 bits per heavy atom. The second-order valence-corrected chi connectivity index (χ2v) is 10.5. The van der Waals surface area contributed by atoms with Gasteiger partial charge in [-0.3, -0.25) is 14.4 Å². The van der Waals surface area contributed by atoms with Gasteiger partial charge in [-0.1, -0.05) is 6.07 Å². The zero-order chi connectivity index (χ0) is 24.7. The number of amides is 1. The molecule has 1 aromatic carbocycles. The van der Waals surface area contributed by atoms with Crippen LogP contribution in [0, 0.1) is 23.7 Å². The number of nitrogens with two attached hydrogens (primary N) is 1. The average Bonchev–Trinajstić information content (AvgIpc) is 3.56. The first-order valence-corrected chi connectivity index (χ1v) is 11.7. The highest BCUT2D eigenvalue weighted by Crippen LogP contribution is 2.52. The minimum Gasteiger partial charge on any atom is -0.507 e. The SMILES string of the molecule is CN(C)[C@@H]1C(O)C(C(N)=O)C(=O)[C@@]2(O)C(=O)C3=C(O)c4c(O)ccc(CC5CC5)c4C[C@H]3C[C@@H]12. The van der Waals surface area contributed by atoms with Crippen LogP contribution in [0.5, 0.6) is 5.75 Å². The molecule has 4 aliphatic carbocycles. The highest BCUT2D eigenvalue weighted by Gasteiger charge is 2.67. The van der Waals surface area contributed by atoms with E-state index in [-0.39, 0.29) is 23.3 Å². The Balaban J connectivity index is 1.66. The van der Waals surface area contributed by atoms with Crippen LogP contribution in [0.1, 0.15) is 36.0 Å². The Morgan fingerprint density at radius 1 is 1.21 bits per heavy atom. The van der Waals surface area contributed by atoms with E-state index in [1.165, 1.54) is 6.07 Å². The number of hydrogen-bond acceptors (Lipinski definition) is 8. The Kier molecular flexibility index (Phi) is 5.16. The number of carbonyl (C=O) groups excluding carboxylic acids is 3. The third kappa shape index (κ3) is 3.07. The number of nitrogens with zero attached hydrogens (tertiary/aromatic N) is 1. The summed E-state index contributed by atoms with van der Waals surface area (Å²) in [6.45, 7) is 0. The van der Waals surface area contributed by atoms with Crippen LogP contribution in [0.2, 0.25) is 0 Å². The van der Waals surface area contributed by atoms with E-state index in [0.29, 0.717) is 12.3 Å². The molecule has 0 radical (unpaired) electrons. The van der Waals surface area contributed by atoms with E-state index in [1.54, 1.807) is 19.0 Å². The summed E-state index contributed by atoms with van der Waals surface area (Å²) in [6, 6.07) is 2.45. The van der Waals surface area contributed by atoms with Gasteiger partial charge < -0.3 is 31.1 Å². The lowest BCUT2D eigenvalue weighted by atomic mass is 9.54. The number of primary amides is 1. The first kappa shape index (κ1) is 23.0. The number of phenols is 1. The van der Waals surface area contributed by atoms with Crippen molar-refractivity contribution in [1.29, 1.82) is 0 Å². The predicted molar refractivity (Wildman–Crippen MR) is 121 cm³/mol. The molecule has 3 fully saturated rings. The van der Waals surface area contributed by atoms with E-state index in [2.05, 4.69) is 0 Å². The van der Waals surface area contributed by atoms with Crippen molar-refractivity contribution in [2.24, 2.45) is 29.4 Å². The summed E-state index contributed by atoms with van der Waals surface area (Å²) >= 11 is 0. The molecule has 5 rings (SSSR count). The predicted octanol–water partition coefficient (Wildman–Crippen LogP) is 0.0815. The Morgan fingerprint density at radius 2 is 1.88 bits per heavy atom. The normalized spacial score (nSPS) is 35.1. The molecule has 0 bridgehead atoms. The van der Waals surface area contributed by atoms with Crippen molar-refractivity contribution in [3.8, 4) is 5.75 Å². The first-order chi connectivity index (χ1) is 16.0. The van der Waals surface area contributed by atoms with Crippen molar-refractivity contribution in [2.45, 2.75) is 49.9 Å². The Labute approximate surface area is 196 Å². The van der Waals surface area contributed by atoms with E-state index >= 15 is 0 Å². The number of ketones is 2. The van der Waals surface area contributed by atoms with Gasteiger partial charge in [-0.15, -0.1) is 0 Å². The molecule has 6 atom stereocenters. The number of carbonyl (C=O) groups is 3. The third-order valence-electron chi connectivity index (χ3n) is 8.27. The van der Waals surface area contributed by atoms with E-state index in [0.717, 1.165) is 30.4 Å². The van der Waals surface area contributed by atoms with Gasteiger partial charge in [0.1, 0.15) is 17.4 Å². The lowest BCUT2D eigenvalue weighted by Crippen LogP contribution is -2.73. The number of fused-ring (bicyclic) bond motifs is 3. The summed E-state index contributed by atoms with van der Waals surface area (Å²) < 4.78 is 0. The zero-order valence-corrected chi connectivity index (χ0v) is 19.2. The molecule has 3 saturated carbocycles. The molecule has 1 amide bonds. The van der Waals surface area contributed by atoms with E-state index in [1.807, 2.05) is 6.07 Å². The average molecular weight is 471 g/mol. The van der Waals surface area contributed by atoms with Crippen LogP contribution in [0.25, 0.3) is 5.76 Å². The van der Waals surface area contributed by atoms with E-state index in [9.17, 15) is 34.8 Å². The van der Waals surface area contributed by atoms with Gasteiger partial charge in [-0.25, -0.2) is 0 Å². The van der Waals surface area contributed by atoms with Gasteiger partial charge in [0, 0.05) is 17.5 Å². The molecular weight excluding hydrogens is 440 g/mol. The van der Waals surface area contributed by atoms with Crippen molar-refractivity contribution < 1.29 is 34.8 Å². The highest BCUT2D eigenvalue weighted by molar-refractivity contribution is 6.25. The number of aromatic hydroxyl groups is 1. The van der Waals surface area contributed by atoms with Gasteiger partial charge in [-0.05, 0) is 75.2 Å². The molecule has 6 N–H and O–H groups in total. The molecule has 0 spiro atoms. The highest BCUT2D eigenvalue weighted by atomic mass is 16.3. The summed E-state index contributed by atoms with van der Waals surface area (Å²) in [4.78, 5) is 40.7. The van der Waals surface area contributed by atoms with Crippen molar-refractivity contribution in [1.82, 2.24) is 4.90 Å². The topological polar surface area (TPSA) is 161 Å². The van der Waals surface area contributed by atoms with Crippen LogP contribution < -0.4 is 5.73 Å². The smallest absolute Gasteiger partial charge is 0.230 e. The van der Waals surface area contributed by atoms with Crippen molar-refractivity contribution >= 4 is 23.2 Å². The summed E-state index contributed by atoms with van der Waals surface area (Å²) in [6.07, 6.45) is 2.08. The molecule has 0 aliphatic heterocycles. The lowest BCUT2D eigenvalue weighted by Gasteiger charge is -2.53. The molecule has 0 aromatic heterocycles. The quantitative estimate of drug-likeness (QED) is 0.387. The maximum atomic E-state index is 13.8. The first-order valence-electron chi connectivity index (χ1n) is 11.7. The van der Waals surface area contributed by atoms with Crippen LogP contribution in [-0.4, -0.2) is 74.6 Å². The molecule has 0 heterocycles. The number of hydrogen-bond donors (Lipinski definition) is 5. The fourth-order valence-electron chi connectivity index (χ4n) is 6.49. The Hall–Kier alpha value is -2.75. The van der Waals surface area contributed by atoms with Gasteiger partial charge in [0.25, 0.3) is 0 Å². The summed E-state index contributed by atoms with van der Waals surface area (Å²) in [5, 5.41) is 44.2. The number of aliphatic hydroxyl groups excluding tert-OH is 2. The molecule has 9 heteroatoms. The molecule has 182 valence electrons. The zero-order valence-electron chi connectivity index (χ0n) is 19.2. The molecule has 9 nitrogen and oxygen atoms in total. The maximum absolute atomic E-state index is 13.8. The van der Waals surface area contributed by atoms with Gasteiger partial charge in [0.15, 0.2) is 11.4 Å². The maximum Gasteiger partial charge on any atom is 0.230 e. The largest absolute Gasteiger partial charge is 0.507 e. The summed E-state index contributed by atoms with van der Waals surface area (Å²) in [7, 11) is 3.27. The summed E-state index contributed by atoms with van der Waals surface area (Å²) in [5.41, 5.74) is 4.60. The fourth-order valence-corrected chi connectivity index (χ4v) is 6.49. The van der Waals surface area contributed by atoms with Gasteiger partial charge in [0.2, 0.25) is 11.7 Å². The molecule has 34 heavy (non-hydrogen) atoms. The van der Waals surface area contributed by atoms with E-state index in [4.69, 9.17) is 5.73 Å². The minimum atomic E-state index is -2.62.